The number of carbonyl (C=O) groups is 2. The summed E-state index contributed by atoms with van der Waals surface area (Å²) in [6.07, 6.45) is 6.60. The van der Waals surface area contributed by atoms with Crippen molar-refractivity contribution in [3.05, 3.63) is 95.2 Å². The van der Waals surface area contributed by atoms with Gasteiger partial charge >= 0.3 is 0 Å². The van der Waals surface area contributed by atoms with Crippen molar-refractivity contribution >= 4 is 29.2 Å². The van der Waals surface area contributed by atoms with Gasteiger partial charge in [-0.05, 0) is 73.2 Å². The summed E-state index contributed by atoms with van der Waals surface area (Å²) in [5, 5.41) is 12.5. The lowest BCUT2D eigenvalue weighted by atomic mass is 10.1. The molecular formula is C32H30N6O4. The van der Waals surface area contributed by atoms with Crippen molar-refractivity contribution in [1.82, 2.24) is 24.8 Å². The zero-order chi connectivity index (χ0) is 29.2. The summed E-state index contributed by atoms with van der Waals surface area (Å²) in [7, 11) is 1.92. The van der Waals surface area contributed by atoms with Crippen LogP contribution in [0.15, 0.2) is 72.9 Å². The maximum absolute atomic E-state index is 12.3. The molecular weight excluding hydrogens is 532 g/mol. The van der Waals surface area contributed by atoms with E-state index >= 15 is 0 Å². The molecule has 7 rings (SSSR count). The second-order valence-corrected chi connectivity index (χ2v) is 10.4. The molecule has 10 nitrogen and oxygen atoms in total. The van der Waals surface area contributed by atoms with E-state index < -0.39 is 0 Å². The number of pyridine rings is 2. The number of carbonyl (C=O) groups excluding carboxylic acids is 2. The summed E-state index contributed by atoms with van der Waals surface area (Å²) in [5.41, 5.74) is 11.3. The number of rotatable bonds is 6. The van der Waals surface area contributed by atoms with Gasteiger partial charge in [0.05, 0.1) is 17.2 Å². The number of benzene rings is 2. The van der Waals surface area contributed by atoms with Crippen LogP contribution in [0.5, 0.6) is 11.6 Å². The van der Waals surface area contributed by atoms with E-state index in [0.29, 0.717) is 29.7 Å². The van der Waals surface area contributed by atoms with E-state index in [1.54, 1.807) is 6.20 Å². The lowest BCUT2D eigenvalue weighted by molar-refractivity contribution is 0.0936. The van der Waals surface area contributed by atoms with E-state index in [1.165, 1.54) is 23.8 Å². The third-order valence-corrected chi connectivity index (χ3v) is 7.44. The van der Waals surface area contributed by atoms with Crippen LogP contribution in [0.1, 0.15) is 57.1 Å². The number of amides is 1. The zero-order valence-electron chi connectivity index (χ0n) is 23.0. The smallest absolute Gasteiger partial charge is 0.251 e. The van der Waals surface area contributed by atoms with Crippen LogP contribution in [0.3, 0.4) is 0 Å². The molecule has 212 valence electrons. The topological polar surface area (TPSA) is 145 Å². The minimum atomic E-state index is -0.236. The van der Waals surface area contributed by atoms with Gasteiger partial charge in [0.25, 0.3) is 5.91 Å². The fourth-order valence-electron chi connectivity index (χ4n) is 5.06. The molecule has 1 atom stereocenters. The first kappa shape index (κ1) is 26.9. The predicted molar refractivity (Wildman–Crippen MR) is 158 cm³/mol. The molecule has 1 saturated carbocycles. The quantitative estimate of drug-likeness (QED) is 0.251. The SMILES string of the molecule is Cn1c(-c2cccnc2N)nc2ccc(OC3CC3)nc21.O=Cc1cc(C(=O)NC2CCc3ccccc32)ccc1O. The summed E-state index contributed by atoms with van der Waals surface area (Å²) in [6.45, 7) is 0. The Morgan fingerprint density at radius 3 is 2.69 bits per heavy atom. The number of anilines is 1. The van der Waals surface area contributed by atoms with Gasteiger partial charge in [0.2, 0.25) is 5.88 Å². The van der Waals surface area contributed by atoms with Gasteiger partial charge in [-0.3, -0.25) is 9.59 Å². The number of aldehydes is 1. The second kappa shape index (κ2) is 11.3. The maximum atomic E-state index is 12.3. The van der Waals surface area contributed by atoms with Crippen LogP contribution in [0, 0.1) is 0 Å². The average Bonchev–Trinajstić information content (AvgIpc) is 3.65. The van der Waals surface area contributed by atoms with Gasteiger partial charge in [-0.2, -0.15) is 4.98 Å². The Hall–Kier alpha value is -5.25. The molecule has 3 aromatic heterocycles. The molecule has 1 unspecified atom stereocenters. The molecule has 0 bridgehead atoms. The van der Waals surface area contributed by atoms with Gasteiger partial charge in [-0.1, -0.05) is 24.3 Å². The summed E-state index contributed by atoms with van der Waals surface area (Å²) < 4.78 is 7.66. The molecule has 1 amide bonds. The molecule has 10 heteroatoms. The molecule has 2 aliphatic carbocycles. The Kier molecular flexibility index (Phi) is 7.26. The number of aromatic hydroxyl groups is 1. The number of imidazole rings is 1. The highest BCUT2D eigenvalue weighted by molar-refractivity contribution is 5.96. The van der Waals surface area contributed by atoms with E-state index in [0.717, 1.165) is 53.8 Å². The van der Waals surface area contributed by atoms with Crippen molar-refractivity contribution in [2.45, 2.75) is 37.8 Å². The van der Waals surface area contributed by atoms with Crippen molar-refractivity contribution in [3.8, 4) is 23.0 Å². The van der Waals surface area contributed by atoms with E-state index in [1.807, 2.05) is 54.1 Å². The van der Waals surface area contributed by atoms with Crippen LogP contribution in [0.25, 0.3) is 22.6 Å². The summed E-state index contributed by atoms with van der Waals surface area (Å²) in [6, 6.07) is 19.9. The Balaban J connectivity index is 0.000000150. The first-order valence-electron chi connectivity index (χ1n) is 13.8. The van der Waals surface area contributed by atoms with Crippen molar-refractivity contribution in [2.24, 2.45) is 7.05 Å². The largest absolute Gasteiger partial charge is 0.507 e. The van der Waals surface area contributed by atoms with Gasteiger partial charge in [-0.15, -0.1) is 0 Å². The molecule has 0 spiro atoms. The Labute approximate surface area is 242 Å². The van der Waals surface area contributed by atoms with Gasteiger partial charge in [0.1, 0.15) is 29.0 Å². The van der Waals surface area contributed by atoms with Crippen LogP contribution in [-0.4, -0.2) is 42.9 Å². The molecule has 42 heavy (non-hydrogen) atoms. The number of aryl methyl sites for hydroxylation is 2. The standard InChI is InChI=1S/C17H15NO3.C15H15N5O/c19-10-13-9-12(6-8-16(13)20)17(21)18-15-7-5-11-3-1-2-4-14(11)15;1-20-14(10-3-2-8-17-13(10)16)18-11-6-7-12(19-15(11)20)21-9-4-5-9/h1-4,6,8-10,15,20H,5,7H2,(H,18,21);2-3,6-9H,4-5H2,1H3,(H2,16,17). The van der Waals surface area contributed by atoms with E-state index in [9.17, 15) is 14.7 Å². The average molecular weight is 563 g/mol. The molecule has 0 aliphatic heterocycles. The predicted octanol–water partition coefficient (Wildman–Crippen LogP) is 4.78. The third kappa shape index (κ3) is 5.51. The first-order valence-corrected chi connectivity index (χ1v) is 13.8. The number of phenolic OH excluding ortho intramolecular Hbond substituents is 1. The molecule has 0 saturated heterocycles. The van der Waals surface area contributed by atoms with Gasteiger partial charge in [0.15, 0.2) is 11.9 Å². The van der Waals surface area contributed by atoms with Gasteiger partial charge < -0.3 is 25.5 Å². The van der Waals surface area contributed by atoms with E-state index in [-0.39, 0.29) is 23.3 Å². The number of nitrogen functional groups attached to an aromatic ring is 1. The molecule has 4 N–H and O–H groups in total. The molecule has 3 heterocycles. The van der Waals surface area contributed by atoms with Gasteiger partial charge in [0, 0.05) is 24.9 Å². The van der Waals surface area contributed by atoms with E-state index in [2.05, 4.69) is 26.3 Å². The highest BCUT2D eigenvalue weighted by atomic mass is 16.5. The second-order valence-electron chi connectivity index (χ2n) is 10.4. The number of nitrogens with one attached hydrogen (secondary N) is 1. The Morgan fingerprint density at radius 2 is 1.90 bits per heavy atom. The van der Waals surface area contributed by atoms with E-state index in [4.69, 9.17) is 10.5 Å². The fraction of sp³-hybridized carbons (Fsp3) is 0.219. The summed E-state index contributed by atoms with van der Waals surface area (Å²) >= 11 is 0. The fourth-order valence-corrected chi connectivity index (χ4v) is 5.06. The third-order valence-electron chi connectivity index (χ3n) is 7.44. The van der Waals surface area contributed by atoms with Crippen LogP contribution in [0.4, 0.5) is 5.82 Å². The van der Waals surface area contributed by atoms with Crippen molar-refractivity contribution in [3.63, 3.8) is 0 Å². The van der Waals surface area contributed by atoms with Crippen LogP contribution >= 0.6 is 0 Å². The number of ether oxygens (including phenoxy) is 1. The number of phenols is 1. The van der Waals surface area contributed by atoms with Crippen LogP contribution in [-0.2, 0) is 13.5 Å². The minimum absolute atomic E-state index is 0.00202. The normalized spacial score (nSPS) is 15.4. The van der Waals surface area contributed by atoms with Crippen molar-refractivity contribution in [1.29, 1.82) is 0 Å². The molecule has 0 radical (unpaired) electrons. The first-order chi connectivity index (χ1) is 20.4. The van der Waals surface area contributed by atoms with Crippen LogP contribution < -0.4 is 15.8 Å². The zero-order valence-corrected chi connectivity index (χ0v) is 23.0. The Morgan fingerprint density at radius 1 is 1.07 bits per heavy atom. The highest BCUT2D eigenvalue weighted by Crippen LogP contribution is 2.32. The number of nitrogens with two attached hydrogens (primary N) is 1. The number of hydrogen-bond acceptors (Lipinski definition) is 8. The molecule has 2 aliphatic rings. The minimum Gasteiger partial charge on any atom is -0.507 e. The van der Waals surface area contributed by atoms with Gasteiger partial charge in [-0.25, -0.2) is 9.97 Å². The summed E-state index contributed by atoms with van der Waals surface area (Å²) in [4.78, 5) is 36.4. The monoisotopic (exact) mass is 562 g/mol. The highest BCUT2D eigenvalue weighted by Gasteiger charge is 2.25. The molecule has 5 aromatic rings. The number of fused-ring (bicyclic) bond motifs is 2. The van der Waals surface area contributed by atoms with Crippen molar-refractivity contribution < 1.29 is 19.4 Å². The summed E-state index contributed by atoms with van der Waals surface area (Å²) in [5.74, 6) is 1.52. The number of hydrogen-bond donors (Lipinski definition) is 3. The van der Waals surface area contributed by atoms with Crippen molar-refractivity contribution in [2.75, 3.05) is 5.73 Å². The Bertz CT molecular complexity index is 1800. The molecule has 2 aromatic carbocycles. The number of aromatic nitrogens is 4. The van der Waals surface area contributed by atoms with Crippen LogP contribution in [0.2, 0.25) is 0 Å². The number of nitrogens with zero attached hydrogens (tertiary/aromatic N) is 4. The lowest BCUT2D eigenvalue weighted by Gasteiger charge is -2.14. The lowest BCUT2D eigenvalue weighted by Crippen LogP contribution is -2.27. The maximum Gasteiger partial charge on any atom is 0.251 e. The molecule has 1 fully saturated rings.